The van der Waals surface area contributed by atoms with Gasteiger partial charge in [-0.25, -0.2) is 18.4 Å². The summed E-state index contributed by atoms with van der Waals surface area (Å²) in [4.78, 5) is 20.8. The van der Waals surface area contributed by atoms with Gasteiger partial charge in [-0.05, 0) is 48.5 Å². The number of sulfonamides is 1. The molecular formula is C21H15N5O3S2. The van der Waals surface area contributed by atoms with E-state index in [1.165, 1.54) is 29.7 Å². The molecule has 1 amide bonds. The van der Waals surface area contributed by atoms with Gasteiger partial charge in [0.05, 0.1) is 31.9 Å². The van der Waals surface area contributed by atoms with Crippen molar-refractivity contribution in [1.82, 2.24) is 9.97 Å². The number of carbonyl (C=O) groups excluding carboxylic acids is 1. The Bertz CT molecular complexity index is 1430. The van der Waals surface area contributed by atoms with E-state index in [0.29, 0.717) is 11.3 Å². The van der Waals surface area contributed by atoms with Gasteiger partial charge in [0.25, 0.3) is 15.9 Å². The van der Waals surface area contributed by atoms with Crippen molar-refractivity contribution < 1.29 is 13.2 Å². The van der Waals surface area contributed by atoms with Gasteiger partial charge in [0.15, 0.2) is 0 Å². The minimum Gasteiger partial charge on any atom is -0.361 e. The Balaban J connectivity index is 1.38. The first-order valence-electron chi connectivity index (χ1n) is 9.20. The molecule has 10 heteroatoms. The predicted octanol–water partition coefficient (Wildman–Crippen LogP) is 3.90. The van der Waals surface area contributed by atoms with E-state index in [0.717, 1.165) is 21.5 Å². The van der Waals surface area contributed by atoms with Gasteiger partial charge in [0.1, 0.15) is 5.82 Å². The van der Waals surface area contributed by atoms with Gasteiger partial charge in [-0.15, -0.1) is 11.3 Å². The molecule has 1 aliphatic rings. The van der Waals surface area contributed by atoms with E-state index >= 15 is 0 Å². The molecule has 0 saturated heterocycles. The van der Waals surface area contributed by atoms with Gasteiger partial charge in [-0.1, -0.05) is 6.07 Å². The van der Waals surface area contributed by atoms with Crippen LogP contribution in [0.2, 0.25) is 0 Å². The zero-order chi connectivity index (χ0) is 21.4. The molecule has 3 heterocycles. The number of carbonyl (C=O) groups is 1. The number of hydrogen-bond donors (Lipinski definition) is 3. The number of fused-ring (bicyclic) bond motifs is 3. The first-order valence-corrected chi connectivity index (χ1v) is 11.6. The van der Waals surface area contributed by atoms with Crippen LogP contribution in [0.15, 0.2) is 77.4 Å². The number of nitrogens with one attached hydrogen (secondary N) is 3. The largest absolute Gasteiger partial charge is 0.361 e. The van der Waals surface area contributed by atoms with E-state index in [1.54, 1.807) is 42.0 Å². The standard InChI is InChI=1S/C21H15N5O3S2/c27-21-15(19-16(25-21)8-9-17-20(19)30-12-24-17)11-23-13-4-6-14(7-5-13)31(28,29)26-18-3-1-2-10-22-18/h1-12,23H,(H,22,26)(H,25,27)/b15-11-. The lowest BCUT2D eigenvalue weighted by atomic mass is 10.1. The molecule has 0 fully saturated rings. The molecule has 1 aliphatic heterocycles. The molecule has 154 valence electrons. The Labute approximate surface area is 181 Å². The summed E-state index contributed by atoms with van der Waals surface area (Å²) in [7, 11) is -3.75. The molecule has 31 heavy (non-hydrogen) atoms. The topological polar surface area (TPSA) is 113 Å². The zero-order valence-electron chi connectivity index (χ0n) is 15.9. The molecule has 2 aromatic heterocycles. The molecule has 0 saturated carbocycles. The number of aromatic nitrogens is 2. The summed E-state index contributed by atoms with van der Waals surface area (Å²) in [5.41, 5.74) is 5.28. The number of hydrogen-bond acceptors (Lipinski definition) is 7. The zero-order valence-corrected chi connectivity index (χ0v) is 17.5. The lowest BCUT2D eigenvalue weighted by Crippen LogP contribution is -2.13. The highest BCUT2D eigenvalue weighted by atomic mass is 32.2. The van der Waals surface area contributed by atoms with Crippen LogP contribution in [0, 0.1) is 0 Å². The van der Waals surface area contributed by atoms with E-state index in [9.17, 15) is 13.2 Å². The summed E-state index contributed by atoms with van der Waals surface area (Å²) in [5.74, 6) is 0.0388. The first kappa shape index (κ1) is 19.2. The molecule has 0 spiro atoms. The number of anilines is 3. The normalized spacial score (nSPS) is 14.5. The molecular weight excluding hydrogens is 434 g/mol. The second-order valence-electron chi connectivity index (χ2n) is 6.69. The molecule has 0 radical (unpaired) electrons. The van der Waals surface area contributed by atoms with Crippen LogP contribution in [0.3, 0.4) is 0 Å². The van der Waals surface area contributed by atoms with Gasteiger partial charge in [-0.3, -0.25) is 9.52 Å². The summed E-state index contributed by atoms with van der Waals surface area (Å²) >= 11 is 1.47. The van der Waals surface area contributed by atoms with Gasteiger partial charge >= 0.3 is 0 Å². The molecule has 5 rings (SSSR count). The Hall–Kier alpha value is -3.76. The third-order valence-electron chi connectivity index (χ3n) is 4.71. The van der Waals surface area contributed by atoms with Crippen molar-refractivity contribution in [2.75, 3.05) is 15.4 Å². The third-order valence-corrected chi connectivity index (χ3v) is 6.94. The van der Waals surface area contributed by atoms with Gasteiger partial charge in [0, 0.05) is 23.6 Å². The van der Waals surface area contributed by atoms with Crippen molar-refractivity contribution in [1.29, 1.82) is 0 Å². The number of pyridine rings is 1. The molecule has 0 bridgehead atoms. The maximum absolute atomic E-state index is 12.5. The van der Waals surface area contributed by atoms with Crippen LogP contribution in [-0.2, 0) is 14.8 Å². The van der Waals surface area contributed by atoms with E-state index in [1.807, 2.05) is 12.1 Å². The summed E-state index contributed by atoms with van der Waals surface area (Å²) in [5, 5.41) is 5.93. The number of rotatable bonds is 5. The second-order valence-corrected chi connectivity index (χ2v) is 9.23. The fraction of sp³-hybridized carbons (Fsp3) is 0. The van der Waals surface area contributed by atoms with E-state index in [-0.39, 0.29) is 16.6 Å². The maximum atomic E-state index is 12.5. The smallest absolute Gasteiger partial charge is 0.263 e. The number of benzene rings is 2. The van der Waals surface area contributed by atoms with Gasteiger partial charge in [0.2, 0.25) is 0 Å². The molecule has 0 aliphatic carbocycles. The molecule has 3 N–H and O–H groups in total. The molecule has 0 unspecified atom stereocenters. The van der Waals surface area contributed by atoms with Crippen LogP contribution in [0.1, 0.15) is 5.56 Å². The Morgan fingerprint density at radius 1 is 1.00 bits per heavy atom. The molecule has 4 aromatic rings. The average molecular weight is 450 g/mol. The lowest BCUT2D eigenvalue weighted by molar-refractivity contribution is -0.110. The van der Waals surface area contributed by atoms with Crippen molar-refractivity contribution in [3.05, 3.63) is 78.1 Å². The molecule has 2 aromatic carbocycles. The van der Waals surface area contributed by atoms with Crippen LogP contribution in [0.5, 0.6) is 0 Å². The van der Waals surface area contributed by atoms with Gasteiger partial charge < -0.3 is 10.6 Å². The summed E-state index contributed by atoms with van der Waals surface area (Å²) < 4.78 is 28.4. The van der Waals surface area contributed by atoms with Crippen LogP contribution in [0.25, 0.3) is 15.8 Å². The van der Waals surface area contributed by atoms with Crippen molar-refractivity contribution >= 4 is 60.2 Å². The van der Waals surface area contributed by atoms with E-state index < -0.39 is 10.0 Å². The van der Waals surface area contributed by atoms with Crippen molar-refractivity contribution in [2.45, 2.75) is 4.90 Å². The van der Waals surface area contributed by atoms with Crippen LogP contribution in [0.4, 0.5) is 17.2 Å². The number of thiazole rings is 1. The predicted molar refractivity (Wildman–Crippen MR) is 121 cm³/mol. The van der Waals surface area contributed by atoms with E-state index in [2.05, 4.69) is 25.3 Å². The van der Waals surface area contributed by atoms with Crippen molar-refractivity contribution in [3.8, 4) is 0 Å². The van der Waals surface area contributed by atoms with Crippen molar-refractivity contribution in [3.63, 3.8) is 0 Å². The number of amides is 1. The third kappa shape index (κ3) is 3.62. The fourth-order valence-electron chi connectivity index (χ4n) is 3.25. The second kappa shape index (κ2) is 7.49. The Kier molecular flexibility index (Phi) is 4.64. The highest BCUT2D eigenvalue weighted by molar-refractivity contribution is 7.92. The highest BCUT2D eigenvalue weighted by Crippen LogP contribution is 2.39. The first-order chi connectivity index (χ1) is 15.0. The fourth-order valence-corrected chi connectivity index (χ4v) is 5.11. The number of nitrogens with zero attached hydrogens (tertiary/aromatic N) is 2. The average Bonchev–Trinajstić information content (AvgIpc) is 3.36. The van der Waals surface area contributed by atoms with Crippen LogP contribution >= 0.6 is 11.3 Å². The minimum absolute atomic E-state index is 0.103. The van der Waals surface area contributed by atoms with Crippen LogP contribution in [-0.4, -0.2) is 24.3 Å². The highest BCUT2D eigenvalue weighted by Gasteiger charge is 2.27. The van der Waals surface area contributed by atoms with Crippen molar-refractivity contribution in [2.24, 2.45) is 0 Å². The summed E-state index contributed by atoms with van der Waals surface area (Å²) in [6.07, 6.45) is 3.13. The maximum Gasteiger partial charge on any atom is 0.263 e. The monoisotopic (exact) mass is 449 g/mol. The summed E-state index contributed by atoms with van der Waals surface area (Å²) in [6.45, 7) is 0. The van der Waals surface area contributed by atoms with Crippen LogP contribution < -0.4 is 15.4 Å². The SMILES string of the molecule is O=C1Nc2ccc3ncsc3c2/C1=C/Nc1ccc(S(=O)(=O)Nc2ccccn2)cc1. The molecule has 0 atom stereocenters. The van der Waals surface area contributed by atoms with E-state index in [4.69, 9.17) is 0 Å². The quantitative estimate of drug-likeness (QED) is 0.398. The molecule has 8 nitrogen and oxygen atoms in total. The Morgan fingerprint density at radius 2 is 1.84 bits per heavy atom. The lowest BCUT2D eigenvalue weighted by Gasteiger charge is -2.08. The summed E-state index contributed by atoms with van der Waals surface area (Å²) in [6, 6.07) is 14.9. The minimum atomic E-state index is -3.75. The Morgan fingerprint density at radius 3 is 2.61 bits per heavy atom. The van der Waals surface area contributed by atoms with Gasteiger partial charge in [-0.2, -0.15) is 0 Å².